The molecule has 1 unspecified atom stereocenters. The molecule has 1 saturated heterocycles. The van der Waals surface area contributed by atoms with Crippen molar-refractivity contribution in [1.82, 2.24) is 4.90 Å². The number of benzene rings is 2. The molecule has 0 bridgehead atoms. The third-order valence-electron chi connectivity index (χ3n) is 4.71. The van der Waals surface area contributed by atoms with E-state index >= 15 is 0 Å². The highest BCUT2D eigenvalue weighted by Gasteiger charge is 2.35. The molecule has 28 heavy (non-hydrogen) atoms. The Balaban J connectivity index is 1.88. The van der Waals surface area contributed by atoms with Crippen LogP contribution < -0.4 is 4.74 Å². The fourth-order valence-corrected chi connectivity index (χ4v) is 5.50. The summed E-state index contributed by atoms with van der Waals surface area (Å²) in [4.78, 5) is 15.0. The fourth-order valence-electron chi connectivity index (χ4n) is 3.32. The van der Waals surface area contributed by atoms with E-state index in [9.17, 15) is 13.2 Å². The van der Waals surface area contributed by atoms with Crippen LogP contribution in [0, 0.1) is 0 Å². The number of ether oxygens (including phenoxy) is 1. The van der Waals surface area contributed by atoms with Crippen LogP contribution >= 0.6 is 15.9 Å². The number of rotatable bonds is 7. The highest BCUT2D eigenvalue weighted by atomic mass is 79.9. The average Bonchev–Trinajstić information content (AvgIpc) is 3.03. The van der Waals surface area contributed by atoms with Crippen LogP contribution in [0.5, 0.6) is 5.75 Å². The van der Waals surface area contributed by atoms with E-state index in [2.05, 4.69) is 15.9 Å². The number of carbonyl (C=O) groups is 1. The summed E-state index contributed by atoms with van der Waals surface area (Å²) in [5.41, 5.74) is 1.46. The van der Waals surface area contributed by atoms with Crippen molar-refractivity contribution in [3.05, 3.63) is 64.1 Å². The molecule has 1 aliphatic rings. The predicted molar refractivity (Wildman–Crippen MR) is 113 cm³/mol. The SMILES string of the molecule is CCCOc1cccc(C(=O)N(Cc2cccc(Br)c2)C2CCS(=O)(=O)C2)c1. The molecule has 2 aromatic carbocycles. The van der Waals surface area contributed by atoms with Gasteiger partial charge in [0.1, 0.15) is 5.75 Å². The van der Waals surface area contributed by atoms with Gasteiger partial charge in [-0.25, -0.2) is 8.42 Å². The molecule has 1 aliphatic heterocycles. The van der Waals surface area contributed by atoms with Crippen LogP contribution in [-0.4, -0.2) is 43.4 Å². The number of sulfone groups is 1. The molecule has 150 valence electrons. The molecule has 3 rings (SSSR count). The maximum Gasteiger partial charge on any atom is 0.254 e. The van der Waals surface area contributed by atoms with Crippen LogP contribution in [0.1, 0.15) is 35.7 Å². The molecule has 1 amide bonds. The van der Waals surface area contributed by atoms with Crippen molar-refractivity contribution in [2.45, 2.75) is 32.4 Å². The maximum atomic E-state index is 13.3. The standard InChI is InChI=1S/C21H24BrNO4S/c1-2-10-27-20-8-4-6-17(13-20)21(24)23(19-9-11-28(25,26)15-19)14-16-5-3-7-18(22)12-16/h3-8,12-13,19H,2,9-11,14-15H2,1H3. The monoisotopic (exact) mass is 465 g/mol. The molecule has 0 aliphatic carbocycles. The first kappa shape index (κ1) is 20.9. The zero-order valence-electron chi connectivity index (χ0n) is 15.8. The summed E-state index contributed by atoms with van der Waals surface area (Å²) in [5.74, 6) is 0.608. The number of nitrogens with zero attached hydrogens (tertiary/aromatic N) is 1. The van der Waals surface area contributed by atoms with Gasteiger partial charge in [0.15, 0.2) is 9.84 Å². The van der Waals surface area contributed by atoms with Gasteiger partial charge in [0.25, 0.3) is 5.91 Å². The van der Waals surface area contributed by atoms with E-state index in [0.29, 0.717) is 30.9 Å². The third-order valence-corrected chi connectivity index (χ3v) is 6.95. The lowest BCUT2D eigenvalue weighted by Gasteiger charge is -2.29. The lowest BCUT2D eigenvalue weighted by atomic mass is 10.1. The minimum absolute atomic E-state index is 0.0127. The molecule has 7 heteroatoms. The first-order valence-electron chi connectivity index (χ1n) is 9.36. The summed E-state index contributed by atoms with van der Waals surface area (Å²) in [7, 11) is -3.10. The third kappa shape index (κ3) is 5.35. The molecule has 2 aromatic rings. The van der Waals surface area contributed by atoms with Crippen LogP contribution in [0.15, 0.2) is 53.0 Å². The minimum atomic E-state index is -3.10. The van der Waals surface area contributed by atoms with Crippen LogP contribution in [-0.2, 0) is 16.4 Å². The summed E-state index contributed by atoms with van der Waals surface area (Å²) in [6, 6.07) is 14.5. The van der Waals surface area contributed by atoms with Gasteiger partial charge in [-0.3, -0.25) is 4.79 Å². The van der Waals surface area contributed by atoms with Crippen molar-refractivity contribution in [2.75, 3.05) is 18.1 Å². The lowest BCUT2D eigenvalue weighted by molar-refractivity contribution is 0.0680. The summed E-state index contributed by atoms with van der Waals surface area (Å²) in [5, 5.41) is 0. The Bertz CT molecular complexity index is 945. The van der Waals surface area contributed by atoms with Gasteiger partial charge in [-0.15, -0.1) is 0 Å². The van der Waals surface area contributed by atoms with E-state index in [4.69, 9.17) is 4.74 Å². The van der Waals surface area contributed by atoms with Crippen molar-refractivity contribution in [3.8, 4) is 5.75 Å². The number of halogens is 1. The molecule has 0 aromatic heterocycles. The molecular formula is C21H24BrNO4S. The molecule has 1 fully saturated rings. The minimum Gasteiger partial charge on any atom is -0.494 e. The van der Waals surface area contributed by atoms with Crippen molar-refractivity contribution >= 4 is 31.7 Å². The smallest absolute Gasteiger partial charge is 0.254 e. The summed E-state index contributed by atoms with van der Waals surface area (Å²) in [6.45, 7) is 2.97. The Morgan fingerprint density at radius 2 is 2.00 bits per heavy atom. The van der Waals surface area contributed by atoms with E-state index in [0.717, 1.165) is 16.5 Å². The van der Waals surface area contributed by atoms with E-state index in [1.165, 1.54) is 0 Å². The molecule has 1 heterocycles. The largest absolute Gasteiger partial charge is 0.494 e. The number of hydrogen-bond acceptors (Lipinski definition) is 4. The normalized spacial score (nSPS) is 18.0. The van der Waals surface area contributed by atoms with Gasteiger partial charge >= 0.3 is 0 Å². The van der Waals surface area contributed by atoms with Crippen LogP contribution in [0.2, 0.25) is 0 Å². The first-order chi connectivity index (χ1) is 13.4. The van der Waals surface area contributed by atoms with Gasteiger partial charge in [-0.1, -0.05) is 41.1 Å². The van der Waals surface area contributed by atoms with Crippen LogP contribution in [0.4, 0.5) is 0 Å². The molecule has 0 saturated carbocycles. The number of carbonyl (C=O) groups excluding carboxylic acids is 1. The predicted octanol–water partition coefficient (Wildman–Crippen LogP) is 4.07. The number of hydrogen-bond donors (Lipinski definition) is 0. The van der Waals surface area contributed by atoms with Gasteiger partial charge in [-0.2, -0.15) is 0 Å². The highest BCUT2D eigenvalue weighted by Crippen LogP contribution is 2.24. The van der Waals surface area contributed by atoms with Gasteiger partial charge < -0.3 is 9.64 Å². The van der Waals surface area contributed by atoms with Gasteiger partial charge in [0, 0.05) is 22.6 Å². The molecule has 1 atom stereocenters. The Hall–Kier alpha value is -1.86. The highest BCUT2D eigenvalue weighted by molar-refractivity contribution is 9.10. The first-order valence-corrected chi connectivity index (χ1v) is 12.0. The Morgan fingerprint density at radius 1 is 1.21 bits per heavy atom. The molecular weight excluding hydrogens is 442 g/mol. The van der Waals surface area contributed by atoms with E-state index in [-0.39, 0.29) is 23.5 Å². The van der Waals surface area contributed by atoms with Gasteiger partial charge in [0.05, 0.1) is 18.1 Å². The van der Waals surface area contributed by atoms with E-state index < -0.39 is 9.84 Å². The van der Waals surface area contributed by atoms with Gasteiger partial charge in [-0.05, 0) is 48.7 Å². The molecule has 5 nitrogen and oxygen atoms in total. The second-order valence-corrected chi connectivity index (χ2v) is 10.1. The Labute approximate surface area is 174 Å². The van der Waals surface area contributed by atoms with Gasteiger partial charge in [0.2, 0.25) is 0 Å². The van der Waals surface area contributed by atoms with E-state index in [1.807, 2.05) is 37.3 Å². The summed E-state index contributed by atoms with van der Waals surface area (Å²) >= 11 is 3.45. The topological polar surface area (TPSA) is 63.7 Å². The average molecular weight is 466 g/mol. The zero-order chi connectivity index (χ0) is 20.1. The van der Waals surface area contributed by atoms with E-state index in [1.54, 1.807) is 23.1 Å². The lowest BCUT2D eigenvalue weighted by Crippen LogP contribution is -2.40. The fraction of sp³-hybridized carbons (Fsp3) is 0.381. The summed E-state index contributed by atoms with van der Waals surface area (Å²) < 4.78 is 30.6. The maximum absolute atomic E-state index is 13.3. The molecule has 0 radical (unpaired) electrons. The summed E-state index contributed by atoms with van der Waals surface area (Å²) in [6.07, 6.45) is 1.35. The molecule has 0 N–H and O–H groups in total. The van der Waals surface area contributed by atoms with Crippen LogP contribution in [0.25, 0.3) is 0 Å². The Morgan fingerprint density at radius 3 is 2.68 bits per heavy atom. The second kappa shape index (κ2) is 9.09. The van der Waals surface area contributed by atoms with Crippen molar-refractivity contribution in [2.24, 2.45) is 0 Å². The quantitative estimate of drug-likeness (QED) is 0.617. The zero-order valence-corrected chi connectivity index (χ0v) is 18.2. The Kier molecular flexibility index (Phi) is 6.78. The second-order valence-electron chi connectivity index (χ2n) is 7.00. The molecule has 0 spiro atoms. The van der Waals surface area contributed by atoms with Crippen LogP contribution in [0.3, 0.4) is 0 Å². The van der Waals surface area contributed by atoms with Crippen molar-refractivity contribution < 1.29 is 17.9 Å². The number of amides is 1. The van der Waals surface area contributed by atoms with Crippen molar-refractivity contribution in [1.29, 1.82) is 0 Å². The van der Waals surface area contributed by atoms with Crippen molar-refractivity contribution in [3.63, 3.8) is 0 Å².